The van der Waals surface area contributed by atoms with Crippen LogP contribution < -0.4 is 11.5 Å². The molecule has 0 aliphatic rings. The Kier molecular flexibility index (Phi) is 9.04. The molecule has 4 atom stereocenters. The number of hydrogen-bond donors (Lipinski definition) is 4. The number of carbonyl (C=O) groups excluding carboxylic acids is 4. The molecule has 170 valence electrons. The number of aliphatic hydroxyl groups excluding tert-OH is 2. The number of nitrogens with zero attached hydrogens (tertiary/aromatic N) is 2. The summed E-state index contributed by atoms with van der Waals surface area (Å²) < 4.78 is 8.79. The highest BCUT2D eigenvalue weighted by Gasteiger charge is 2.35. The van der Waals surface area contributed by atoms with Crippen LogP contribution in [0.3, 0.4) is 0 Å². The van der Waals surface area contributed by atoms with Crippen molar-refractivity contribution in [1.29, 1.82) is 0 Å². The molecule has 2 rings (SSSR count). The second-order valence-electron chi connectivity index (χ2n) is 6.67. The van der Waals surface area contributed by atoms with Crippen molar-refractivity contribution in [2.45, 2.75) is 37.1 Å². The van der Waals surface area contributed by atoms with Gasteiger partial charge < -0.3 is 31.2 Å². The summed E-state index contributed by atoms with van der Waals surface area (Å²) in [7, 11) is 0. The molecule has 2 unspecified atom stereocenters. The molecule has 0 radical (unpaired) electrons. The molecule has 2 aromatic heterocycles. The second kappa shape index (κ2) is 11.7. The Morgan fingerprint density at radius 1 is 0.781 bits per heavy atom. The monoisotopic (exact) mass is 446 g/mol. The molecule has 0 aliphatic heterocycles. The molecule has 0 bridgehead atoms. The maximum absolute atomic E-state index is 11.8. The minimum absolute atomic E-state index is 0.435. The van der Waals surface area contributed by atoms with Gasteiger partial charge >= 0.3 is 23.9 Å². The van der Waals surface area contributed by atoms with Gasteiger partial charge in [-0.15, -0.1) is 0 Å². The van der Waals surface area contributed by atoms with Crippen molar-refractivity contribution in [2.75, 3.05) is 0 Å². The molecule has 12 nitrogen and oxygen atoms in total. The van der Waals surface area contributed by atoms with Gasteiger partial charge in [-0.2, -0.15) is 0 Å². The second-order valence-corrected chi connectivity index (χ2v) is 6.67. The molecule has 12 heteroatoms. The number of rotatable bonds is 9. The predicted molar refractivity (Wildman–Crippen MR) is 106 cm³/mol. The van der Waals surface area contributed by atoms with Gasteiger partial charge in [-0.25, -0.2) is 9.59 Å². The van der Waals surface area contributed by atoms with Crippen molar-refractivity contribution < 1.29 is 38.9 Å². The molecule has 0 saturated carbocycles. The third-order valence-electron chi connectivity index (χ3n) is 4.21. The van der Waals surface area contributed by atoms with E-state index in [1.807, 2.05) is 0 Å². The zero-order valence-corrected chi connectivity index (χ0v) is 16.7. The fourth-order valence-corrected chi connectivity index (χ4v) is 2.47. The molecule has 0 fully saturated rings. The van der Waals surface area contributed by atoms with Crippen molar-refractivity contribution in [1.82, 2.24) is 9.97 Å². The fraction of sp³-hybridized carbons (Fsp3) is 0.300. The van der Waals surface area contributed by atoms with Gasteiger partial charge in [-0.3, -0.25) is 19.6 Å². The van der Waals surface area contributed by atoms with E-state index in [2.05, 4.69) is 19.4 Å². The van der Waals surface area contributed by atoms with Crippen LogP contribution in [0, 0.1) is 0 Å². The van der Waals surface area contributed by atoms with Crippen LogP contribution >= 0.6 is 0 Å². The van der Waals surface area contributed by atoms with E-state index in [0.717, 1.165) is 0 Å². The maximum atomic E-state index is 11.8. The van der Waals surface area contributed by atoms with Crippen LogP contribution in [0.4, 0.5) is 0 Å². The topological polar surface area (TPSA) is 205 Å². The van der Waals surface area contributed by atoms with E-state index in [9.17, 15) is 29.4 Å². The summed E-state index contributed by atoms with van der Waals surface area (Å²) in [5.41, 5.74) is 12.6. The average Bonchev–Trinajstić information content (AvgIpc) is 2.78. The minimum atomic E-state index is -2.47. The Bertz CT molecular complexity index is 864. The van der Waals surface area contributed by atoms with Crippen LogP contribution in [-0.2, 0) is 28.7 Å². The predicted octanol–water partition coefficient (Wildman–Crippen LogP) is -1.18. The lowest BCUT2D eigenvalue weighted by Crippen LogP contribution is -2.43. The third-order valence-corrected chi connectivity index (χ3v) is 4.21. The highest BCUT2D eigenvalue weighted by molar-refractivity contribution is 5.94. The summed E-state index contributed by atoms with van der Waals surface area (Å²) in [5.74, 6) is -5.44. The summed E-state index contributed by atoms with van der Waals surface area (Å²) in [6, 6.07) is 4.75. The normalized spacial score (nSPS) is 14.5. The molecular weight excluding hydrogens is 424 g/mol. The Balaban J connectivity index is 1.82. The number of carbonyl (C=O) groups is 4. The van der Waals surface area contributed by atoms with Crippen molar-refractivity contribution in [3.8, 4) is 0 Å². The van der Waals surface area contributed by atoms with Crippen LogP contribution in [0.5, 0.6) is 0 Å². The van der Waals surface area contributed by atoms with Gasteiger partial charge in [-0.1, -0.05) is 12.1 Å². The van der Waals surface area contributed by atoms with E-state index in [1.165, 1.54) is 24.8 Å². The fourth-order valence-electron chi connectivity index (χ4n) is 2.47. The highest BCUT2D eigenvalue weighted by atomic mass is 16.6. The van der Waals surface area contributed by atoms with Gasteiger partial charge in [0.05, 0.1) is 12.8 Å². The summed E-state index contributed by atoms with van der Waals surface area (Å²) in [5, 5.41) is 19.5. The van der Waals surface area contributed by atoms with Gasteiger partial charge in [0, 0.05) is 36.9 Å². The highest BCUT2D eigenvalue weighted by Crippen LogP contribution is 2.15. The van der Waals surface area contributed by atoms with Crippen molar-refractivity contribution in [3.05, 3.63) is 60.2 Å². The lowest BCUT2D eigenvalue weighted by atomic mass is 10.1. The van der Waals surface area contributed by atoms with Crippen LogP contribution in [0.15, 0.2) is 49.1 Å². The van der Waals surface area contributed by atoms with Crippen molar-refractivity contribution >= 4 is 23.9 Å². The first-order valence-electron chi connectivity index (χ1n) is 9.35. The van der Waals surface area contributed by atoms with Crippen LogP contribution in [-0.4, -0.2) is 56.3 Å². The first-order chi connectivity index (χ1) is 15.2. The zero-order chi connectivity index (χ0) is 23.7. The summed E-state index contributed by atoms with van der Waals surface area (Å²) in [6.07, 6.45) is 0.0437. The largest absolute Gasteiger partial charge is 0.391 e. The molecule has 2 aromatic rings. The van der Waals surface area contributed by atoms with Gasteiger partial charge in [0.15, 0.2) is 12.2 Å². The number of nitrogens with two attached hydrogens (primary N) is 2. The van der Waals surface area contributed by atoms with Gasteiger partial charge in [-0.05, 0) is 23.3 Å². The van der Waals surface area contributed by atoms with Crippen molar-refractivity contribution in [3.63, 3.8) is 0 Å². The van der Waals surface area contributed by atoms with Gasteiger partial charge in [0.1, 0.15) is 0 Å². The zero-order valence-electron chi connectivity index (χ0n) is 16.7. The third kappa shape index (κ3) is 7.28. The number of hydrogen-bond acceptors (Lipinski definition) is 12. The average molecular weight is 446 g/mol. The van der Waals surface area contributed by atoms with Gasteiger partial charge in [0.2, 0.25) is 0 Å². The molecule has 2 heterocycles. The van der Waals surface area contributed by atoms with E-state index in [0.29, 0.717) is 11.1 Å². The molecule has 0 aromatic carbocycles. The Labute approximate surface area is 182 Å². The van der Waals surface area contributed by atoms with Crippen LogP contribution in [0.25, 0.3) is 0 Å². The molecule has 6 N–H and O–H groups in total. The van der Waals surface area contributed by atoms with E-state index in [4.69, 9.17) is 11.5 Å². The number of esters is 4. The number of aliphatic hydroxyl groups is 2. The first-order valence-corrected chi connectivity index (χ1v) is 9.35. The smallest absolute Gasteiger partial charge is 0.346 e. The summed E-state index contributed by atoms with van der Waals surface area (Å²) in [6.45, 7) is 0. The Hall–Kier alpha value is -3.58. The SMILES string of the molecule is N[C@@H](CC(=O)OC(=O)C(O)C(O)C(=O)OC(=O)C[C@H](N)c1cccnc1)c1cccnc1. The molecule has 0 aliphatic carbocycles. The first kappa shape index (κ1) is 24.7. The number of aromatic nitrogens is 2. The number of ether oxygens (including phenoxy) is 2. The molecule has 32 heavy (non-hydrogen) atoms. The van der Waals surface area contributed by atoms with E-state index in [-0.39, 0.29) is 0 Å². The standard InChI is InChI=1S/C20H22N4O8/c21-13(11-3-1-5-23-9-11)7-15(25)31-19(29)17(27)18(28)20(30)32-16(26)8-14(22)12-4-2-6-24-10-12/h1-6,9-10,13-14,17-18,27-28H,7-8,21-22H2/t13-,14-,17?,18?/m0/s1. The molecular formula is C20H22N4O8. The Morgan fingerprint density at radius 2 is 1.16 bits per heavy atom. The van der Waals surface area contributed by atoms with E-state index < -0.39 is 61.0 Å². The number of pyridine rings is 2. The van der Waals surface area contributed by atoms with Gasteiger partial charge in [0.25, 0.3) is 0 Å². The van der Waals surface area contributed by atoms with Crippen molar-refractivity contribution in [2.24, 2.45) is 11.5 Å². The lowest BCUT2D eigenvalue weighted by Gasteiger charge is -2.16. The quantitative estimate of drug-likeness (QED) is 0.265. The molecule has 0 amide bonds. The summed E-state index contributed by atoms with van der Waals surface area (Å²) in [4.78, 5) is 55.0. The van der Waals surface area contributed by atoms with Crippen LogP contribution in [0.2, 0.25) is 0 Å². The van der Waals surface area contributed by atoms with E-state index >= 15 is 0 Å². The molecule has 0 spiro atoms. The maximum Gasteiger partial charge on any atom is 0.346 e. The van der Waals surface area contributed by atoms with Crippen LogP contribution in [0.1, 0.15) is 36.1 Å². The van der Waals surface area contributed by atoms with E-state index in [1.54, 1.807) is 24.3 Å². The summed E-state index contributed by atoms with van der Waals surface area (Å²) >= 11 is 0. The Morgan fingerprint density at radius 3 is 1.47 bits per heavy atom. The minimum Gasteiger partial charge on any atom is -0.391 e. The lowest BCUT2D eigenvalue weighted by molar-refractivity contribution is -0.181. The molecule has 0 saturated heterocycles.